The number of hydrogen-bond acceptors (Lipinski definition) is 7. The molecule has 1 unspecified atom stereocenters. The minimum Gasteiger partial charge on any atom is -0.383 e. The van der Waals surface area contributed by atoms with Crippen molar-refractivity contribution in [2.75, 3.05) is 44.0 Å². The van der Waals surface area contributed by atoms with Crippen LogP contribution in [0.25, 0.3) is 22.0 Å². The molecule has 1 amide bonds. The molecular weight excluding hydrogens is 641 g/mol. The van der Waals surface area contributed by atoms with Gasteiger partial charge in [-0.2, -0.15) is 18.2 Å². The van der Waals surface area contributed by atoms with E-state index in [0.717, 1.165) is 23.9 Å². The van der Waals surface area contributed by atoms with Crippen molar-refractivity contribution in [1.82, 2.24) is 19.8 Å². The second kappa shape index (κ2) is 12.9. The van der Waals surface area contributed by atoms with E-state index in [4.69, 9.17) is 16.3 Å². The average Bonchev–Trinajstić information content (AvgIpc) is 3.16. The van der Waals surface area contributed by atoms with Crippen molar-refractivity contribution in [3.8, 4) is 11.1 Å². The zero-order valence-corrected chi connectivity index (χ0v) is 26.3. The summed E-state index contributed by atoms with van der Waals surface area (Å²) < 4.78 is 80.7. The highest BCUT2D eigenvalue weighted by molar-refractivity contribution is 7.99. The Morgan fingerprint density at radius 1 is 1.18 bits per heavy atom. The zero-order valence-electron chi connectivity index (χ0n) is 24.7. The van der Waals surface area contributed by atoms with E-state index in [2.05, 4.69) is 16.9 Å². The number of halogens is 6. The van der Waals surface area contributed by atoms with Gasteiger partial charge in [0.15, 0.2) is 0 Å². The van der Waals surface area contributed by atoms with E-state index in [1.807, 2.05) is 0 Å². The van der Waals surface area contributed by atoms with Crippen molar-refractivity contribution in [3.05, 3.63) is 63.6 Å². The standard InChI is InChI=1S/C30H31ClF5N5O3S/c1-5-24(42)41-15(2)11-39(12-16(41)3)28-19-8-20(30(34,35)36)25(18-9-21(31)23(33)10-22(18)32)27-26(19)40(29(43)38-28)13-17(14-45-27)37-6-7-44-4/h5,8-10,15-17,37H,1,6-7,11-14H2,2-4H3/t15-,16+,17?. The topological polar surface area (TPSA) is 79.7 Å². The molecule has 242 valence electrons. The van der Waals surface area contributed by atoms with Gasteiger partial charge in [0.25, 0.3) is 0 Å². The molecule has 2 aliphatic heterocycles. The number of rotatable bonds is 7. The number of amides is 1. The number of alkyl halides is 3. The SMILES string of the molecule is C=CC(=O)N1[C@H](C)CN(c2nc(=O)n3c4c(c(-c5cc(Cl)c(F)cc5F)c(C(F)(F)F)cc24)SCC(NCCOC)C3)C[C@@H]1C. The number of methoxy groups -OCH3 is 1. The highest BCUT2D eigenvalue weighted by Crippen LogP contribution is 2.49. The van der Waals surface area contributed by atoms with Gasteiger partial charge in [-0.3, -0.25) is 9.36 Å². The van der Waals surface area contributed by atoms with Crippen LogP contribution in [-0.4, -0.2) is 77.6 Å². The van der Waals surface area contributed by atoms with Crippen molar-refractivity contribution in [2.24, 2.45) is 0 Å². The predicted molar refractivity (Wildman–Crippen MR) is 164 cm³/mol. The molecule has 45 heavy (non-hydrogen) atoms. The summed E-state index contributed by atoms with van der Waals surface area (Å²) in [5.74, 6) is -2.39. The maximum atomic E-state index is 15.3. The Morgan fingerprint density at radius 2 is 1.87 bits per heavy atom. The van der Waals surface area contributed by atoms with E-state index in [9.17, 15) is 27.2 Å². The van der Waals surface area contributed by atoms with Gasteiger partial charge in [0.05, 0.1) is 22.7 Å². The van der Waals surface area contributed by atoms with Gasteiger partial charge in [0, 0.05) is 84.6 Å². The lowest BCUT2D eigenvalue weighted by molar-refractivity contribution is -0.137. The second-order valence-electron chi connectivity index (χ2n) is 11.1. The summed E-state index contributed by atoms with van der Waals surface area (Å²) in [4.78, 5) is 33.9. The van der Waals surface area contributed by atoms with Gasteiger partial charge in [0.2, 0.25) is 5.91 Å². The molecule has 0 radical (unpaired) electrons. The average molecular weight is 672 g/mol. The maximum Gasteiger partial charge on any atom is 0.417 e. The molecule has 8 nitrogen and oxygen atoms in total. The van der Waals surface area contributed by atoms with Crippen molar-refractivity contribution in [2.45, 2.75) is 49.6 Å². The van der Waals surface area contributed by atoms with Gasteiger partial charge in [-0.15, -0.1) is 11.8 Å². The monoisotopic (exact) mass is 671 g/mol. The summed E-state index contributed by atoms with van der Waals surface area (Å²) in [5, 5.41) is 2.75. The fourth-order valence-corrected chi connectivity index (χ4v) is 7.61. The van der Waals surface area contributed by atoms with Crippen molar-refractivity contribution in [1.29, 1.82) is 0 Å². The first-order chi connectivity index (χ1) is 21.3. The quantitative estimate of drug-likeness (QED) is 0.157. The van der Waals surface area contributed by atoms with Gasteiger partial charge in [-0.1, -0.05) is 18.2 Å². The lowest BCUT2D eigenvalue weighted by Gasteiger charge is -2.44. The number of hydrogen-bond donors (Lipinski definition) is 1. The number of nitrogens with one attached hydrogen (secondary N) is 1. The fraction of sp³-hybridized carbons (Fsp3) is 0.433. The summed E-state index contributed by atoms with van der Waals surface area (Å²) in [7, 11) is 1.53. The third-order valence-corrected chi connectivity index (χ3v) is 9.55. The van der Waals surface area contributed by atoms with E-state index >= 15 is 4.39 Å². The van der Waals surface area contributed by atoms with Crippen LogP contribution in [0.1, 0.15) is 19.4 Å². The number of thioether (sulfide) groups is 1. The Morgan fingerprint density at radius 3 is 2.49 bits per heavy atom. The lowest BCUT2D eigenvalue weighted by Crippen LogP contribution is -2.58. The van der Waals surface area contributed by atoms with E-state index in [0.29, 0.717) is 19.2 Å². The highest BCUT2D eigenvalue weighted by Gasteiger charge is 2.40. The minimum absolute atomic E-state index is 0.000223. The fourth-order valence-electron chi connectivity index (χ4n) is 6.13. The molecule has 2 aliphatic rings. The zero-order chi connectivity index (χ0) is 32.8. The van der Waals surface area contributed by atoms with Crippen molar-refractivity contribution < 1.29 is 31.5 Å². The lowest BCUT2D eigenvalue weighted by atomic mass is 9.95. The number of ether oxygens (including phenoxy) is 1. The number of carbonyl (C=O) groups excluding carboxylic acids is 1. The van der Waals surface area contributed by atoms with Gasteiger partial charge in [-0.05, 0) is 32.1 Å². The molecule has 0 aliphatic carbocycles. The van der Waals surface area contributed by atoms with E-state index in [1.54, 1.807) is 23.6 Å². The van der Waals surface area contributed by atoms with Gasteiger partial charge >= 0.3 is 11.9 Å². The summed E-state index contributed by atoms with van der Waals surface area (Å²) in [6.45, 7) is 8.34. The molecule has 2 aromatic carbocycles. The molecule has 1 N–H and O–H groups in total. The third kappa shape index (κ3) is 6.29. The molecule has 15 heteroatoms. The second-order valence-corrected chi connectivity index (χ2v) is 12.5. The molecule has 1 aromatic heterocycles. The Kier molecular flexibility index (Phi) is 9.50. The Bertz CT molecular complexity index is 1710. The first-order valence-electron chi connectivity index (χ1n) is 14.1. The van der Waals surface area contributed by atoms with Gasteiger partial charge in [-0.25, -0.2) is 13.6 Å². The first kappa shape index (κ1) is 33.2. The smallest absolute Gasteiger partial charge is 0.383 e. The number of anilines is 1. The molecule has 0 spiro atoms. The summed E-state index contributed by atoms with van der Waals surface area (Å²) in [6.07, 6.45) is -3.78. The van der Waals surface area contributed by atoms with Gasteiger partial charge < -0.3 is 19.9 Å². The van der Waals surface area contributed by atoms with Crippen LogP contribution in [0.4, 0.5) is 27.8 Å². The van der Waals surface area contributed by atoms with E-state index in [1.165, 1.54) is 17.8 Å². The molecule has 0 bridgehead atoms. The molecule has 0 saturated carbocycles. The number of aromatic nitrogens is 2. The predicted octanol–water partition coefficient (Wildman–Crippen LogP) is 5.34. The molecular formula is C30H31ClF5N5O3S. The number of carbonyl (C=O) groups is 1. The number of benzene rings is 2. The minimum atomic E-state index is -4.98. The highest BCUT2D eigenvalue weighted by atomic mass is 35.5. The van der Waals surface area contributed by atoms with Crippen LogP contribution in [0.3, 0.4) is 0 Å². The summed E-state index contributed by atoms with van der Waals surface area (Å²) in [5.41, 5.74) is -2.81. The van der Waals surface area contributed by atoms with Crippen LogP contribution in [0, 0.1) is 11.6 Å². The van der Waals surface area contributed by atoms with Crippen LogP contribution in [0.2, 0.25) is 5.02 Å². The molecule has 3 atom stereocenters. The molecule has 3 aromatic rings. The van der Waals surface area contributed by atoms with Crippen LogP contribution in [0.15, 0.2) is 40.5 Å². The maximum absolute atomic E-state index is 15.3. The van der Waals surface area contributed by atoms with Crippen LogP contribution >= 0.6 is 23.4 Å². The van der Waals surface area contributed by atoms with Crippen LogP contribution < -0.4 is 15.9 Å². The Labute approximate surface area is 265 Å². The Hall–Kier alpha value is -3.20. The largest absolute Gasteiger partial charge is 0.417 e. The first-order valence-corrected chi connectivity index (χ1v) is 15.5. The third-order valence-electron chi connectivity index (χ3n) is 8.00. The molecule has 3 heterocycles. The van der Waals surface area contributed by atoms with Crippen molar-refractivity contribution >= 4 is 46.0 Å². The van der Waals surface area contributed by atoms with Crippen LogP contribution in [0.5, 0.6) is 0 Å². The van der Waals surface area contributed by atoms with E-state index in [-0.39, 0.29) is 71.0 Å². The van der Waals surface area contributed by atoms with Crippen molar-refractivity contribution in [3.63, 3.8) is 0 Å². The number of piperazine rings is 1. The van der Waals surface area contributed by atoms with Gasteiger partial charge in [0.1, 0.15) is 17.5 Å². The van der Waals surface area contributed by atoms with E-state index < -0.39 is 45.2 Å². The summed E-state index contributed by atoms with van der Waals surface area (Å²) in [6, 6.07) is 1.01. The molecule has 5 rings (SSSR count). The molecule has 1 fully saturated rings. The normalized spacial score (nSPS) is 20.4. The summed E-state index contributed by atoms with van der Waals surface area (Å²) >= 11 is 6.99. The Balaban J connectivity index is 1.81. The molecule has 1 saturated heterocycles. The van der Waals surface area contributed by atoms with Crippen LogP contribution in [-0.2, 0) is 22.3 Å². The number of nitrogens with zero attached hydrogens (tertiary/aromatic N) is 4.